The molecule has 22 heavy (non-hydrogen) atoms. The third-order valence-electron chi connectivity index (χ3n) is 4.11. The highest BCUT2D eigenvalue weighted by Gasteiger charge is 2.39. The molecule has 1 aliphatic heterocycles. The van der Waals surface area contributed by atoms with E-state index in [0.717, 1.165) is 0 Å². The number of benzene rings is 1. The molecule has 2 atom stereocenters. The molecule has 1 N–H and O–H groups in total. The van der Waals surface area contributed by atoms with Crippen molar-refractivity contribution in [3.05, 3.63) is 35.6 Å². The Kier molecular flexibility index (Phi) is 5.16. The van der Waals surface area contributed by atoms with Gasteiger partial charge in [-0.2, -0.15) is 0 Å². The number of rotatable bonds is 4. The van der Waals surface area contributed by atoms with Crippen molar-refractivity contribution in [3.8, 4) is 0 Å². The smallest absolute Gasteiger partial charge is 0.225 e. The van der Waals surface area contributed by atoms with E-state index in [-0.39, 0.29) is 17.6 Å². The van der Waals surface area contributed by atoms with Crippen LogP contribution < -0.4 is 5.32 Å². The van der Waals surface area contributed by atoms with Gasteiger partial charge in [-0.3, -0.25) is 9.59 Å². The molecule has 1 aliphatic rings. The highest BCUT2D eigenvalue weighted by molar-refractivity contribution is 5.84. The summed E-state index contributed by atoms with van der Waals surface area (Å²) in [6.07, 6.45) is 0.771. The fourth-order valence-corrected chi connectivity index (χ4v) is 2.89. The maximum Gasteiger partial charge on any atom is 0.225 e. The van der Waals surface area contributed by atoms with Gasteiger partial charge in [0, 0.05) is 25.6 Å². The molecule has 2 amide bonds. The summed E-state index contributed by atoms with van der Waals surface area (Å²) in [5.41, 5.74) is 0.405. The number of nitrogens with one attached hydrogen (secondary N) is 1. The van der Waals surface area contributed by atoms with Crippen molar-refractivity contribution >= 4 is 11.8 Å². The van der Waals surface area contributed by atoms with Crippen LogP contribution in [0.5, 0.6) is 0 Å². The van der Waals surface area contributed by atoms with Crippen molar-refractivity contribution in [1.82, 2.24) is 10.2 Å². The van der Waals surface area contributed by atoms with Gasteiger partial charge in [-0.05, 0) is 18.4 Å². The van der Waals surface area contributed by atoms with E-state index in [9.17, 15) is 14.0 Å². The summed E-state index contributed by atoms with van der Waals surface area (Å²) >= 11 is 0. The maximum atomic E-state index is 14.2. The number of likely N-dealkylation sites (tertiary alicyclic amines) is 1. The van der Waals surface area contributed by atoms with Crippen molar-refractivity contribution < 1.29 is 14.0 Å². The van der Waals surface area contributed by atoms with Gasteiger partial charge >= 0.3 is 0 Å². The zero-order chi connectivity index (χ0) is 16.3. The van der Waals surface area contributed by atoms with Gasteiger partial charge in [0.2, 0.25) is 11.8 Å². The van der Waals surface area contributed by atoms with Gasteiger partial charge in [-0.1, -0.05) is 32.0 Å². The minimum Gasteiger partial charge on any atom is -0.356 e. The molecule has 5 heteroatoms. The Morgan fingerprint density at radius 1 is 1.41 bits per heavy atom. The van der Waals surface area contributed by atoms with Crippen molar-refractivity contribution in [2.24, 2.45) is 11.8 Å². The van der Waals surface area contributed by atoms with Crippen LogP contribution >= 0.6 is 0 Å². The quantitative estimate of drug-likeness (QED) is 0.929. The zero-order valence-corrected chi connectivity index (χ0v) is 13.3. The molecule has 120 valence electrons. The number of nitrogens with zero attached hydrogens (tertiary/aromatic N) is 1. The van der Waals surface area contributed by atoms with Crippen LogP contribution in [0.1, 0.15) is 38.3 Å². The molecule has 0 saturated carbocycles. The first-order valence-corrected chi connectivity index (χ1v) is 7.69. The summed E-state index contributed by atoms with van der Waals surface area (Å²) in [5, 5.41) is 2.91. The zero-order valence-electron chi connectivity index (χ0n) is 13.3. The molecule has 0 aromatic heterocycles. The van der Waals surface area contributed by atoms with Gasteiger partial charge in [0.1, 0.15) is 5.82 Å². The summed E-state index contributed by atoms with van der Waals surface area (Å²) in [7, 11) is 1.64. The van der Waals surface area contributed by atoms with Crippen molar-refractivity contribution in [2.75, 3.05) is 13.6 Å². The SMILES string of the molecule is CC(C)CNC(=O)[C@H]1CCC(=O)N(C)[C@H]1c1ccccc1F. The van der Waals surface area contributed by atoms with Crippen LogP contribution in [-0.2, 0) is 9.59 Å². The minimum absolute atomic E-state index is 0.0545. The highest BCUT2D eigenvalue weighted by Crippen LogP contribution is 2.36. The van der Waals surface area contributed by atoms with E-state index >= 15 is 0 Å². The fraction of sp³-hybridized carbons (Fsp3) is 0.529. The number of carbonyl (C=O) groups excluding carboxylic acids is 2. The van der Waals surface area contributed by atoms with E-state index in [1.54, 1.807) is 25.2 Å². The monoisotopic (exact) mass is 306 g/mol. The molecule has 1 aromatic carbocycles. The number of hydrogen-bond donors (Lipinski definition) is 1. The maximum absolute atomic E-state index is 14.2. The van der Waals surface area contributed by atoms with E-state index in [4.69, 9.17) is 0 Å². The third-order valence-corrected chi connectivity index (χ3v) is 4.11. The molecule has 1 fully saturated rings. The largest absolute Gasteiger partial charge is 0.356 e. The average molecular weight is 306 g/mol. The highest BCUT2D eigenvalue weighted by atomic mass is 19.1. The normalized spacial score (nSPS) is 22.0. The van der Waals surface area contributed by atoms with Crippen LogP contribution in [0.4, 0.5) is 4.39 Å². The van der Waals surface area contributed by atoms with Gasteiger partial charge in [0.05, 0.1) is 12.0 Å². The Hall–Kier alpha value is -1.91. The molecular formula is C17H23FN2O2. The Morgan fingerprint density at radius 3 is 2.73 bits per heavy atom. The van der Waals surface area contributed by atoms with Gasteiger partial charge in [0.15, 0.2) is 0 Å². The Labute approximate surface area is 130 Å². The van der Waals surface area contributed by atoms with Gasteiger partial charge < -0.3 is 10.2 Å². The predicted molar refractivity (Wildman–Crippen MR) is 82.5 cm³/mol. The first-order chi connectivity index (χ1) is 10.4. The number of halogens is 1. The van der Waals surface area contributed by atoms with Gasteiger partial charge in [-0.15, -0.1) is 0 Å². The molecule has 1 heterocycles. The van der Waals surface area contributed by atoms with E-state index in [2.05, 4.69) is 5.32 Å². The van der Waals surface area contributed by atoms with E-state index in [1.165, 1.54) is 11.0 Å². The standard InChI is InChI=1S/C17H23FN2O2/c1-11(2)10-19-17(22)13-8-9-15(21)20(3)16(13)12-6-4-5-7-14(12)18/h4-7,11,13,16H,8-10H2,1-3H3,(H,19,22)/t13-,16-/m0/s1. The molecule has 0 bridgehead atoms. The Bertz CT molecular complexity index is 559. The average Bonchev–Trinajstić information content (AvgIpc) is 2.48. The fourth-order valence-electron chi connectivity index (χ4n) is 2.89. The second kappa shape index (κ2) is 6.90. The lowest BCUT2D eigenvalue weighted by molar-refractivity contribution is -0.141. The lowest BCUT2D eigenvalue weighted by atomic mass is 9.83. The molecule has 1 saturated heterocycles. The second-order valence-electron chi connectivity index (χ2n) is 6.26. The van der Waals surface area contributed by atoms with E-state index in [1.807, 2.05) is 13.8 Å². The minimum atomic E-state index is -0.547. The second-order valence-corrected chi connectivity index (χ2v) is 6.26. The first-order valence-electron chi connectivity index (χ1n) is 7.69. The van der Waals surface area contributed by atoms with Crippen LogP contribution in [0.25, 0.3) is 0 Å². The predicted octanol–water partition coefficient (Wildman–Crippen LogP) is 2.51. The van der Waals surface area contributed by atoms with Crippen LogP contribution in [0, 0.1) is 17.7 Å². The lowest BCUT2D eigenvalue weighted by Crippen LogP contribution is -2.47. The van der Waals surface area contributed by atoms with E-state index in [0.29, 0.717) is 30.9 Å². The van der Waals surface area contributed by atoms with E-state index < -0.39 is 12.0 Å². The molecule has 0 spiro atoms. The summed E-state index contributed by atoms with van der Waals surface area (Å²) < 4.78 is 14.2. The lowest BCUT2D eigenvalue weighted by Gasteiger charge is -2.38. The summed E-state index contributed by atoms with van der Waals surface area (Å²) in [6, 6.07) is 5.81. The number of carbonyl (C=O) groups is 2. The number of piperidine rings is 1. The van der Waals surface area contributed by atoms with Crippen LogP contribution in [-0.4, -0.2) is 30.3 Å². The molecule has 2 rings (SSSR count). The third kappa shape index (κ3) is 3.46. The van der Waals surface area contributed by atoms with Crippen LogP contribution in [0.2, 0.25) is 0 Å². The van der Waals surface area contributed by atoms with Crippen molar-refractivity contribution in [3.63, 3.8) is 0 Å². The summed E-state index contributed by atoms with van der Waals surface area (Å²) in [6.45, 7) is 4.62. The van der Waals surface area contributed by atoms with Crippen LogP contribution in [0.15, 0.2) is 24.3 Å². The number of hydrogen-bond acceptors (Lipinski definition) is 2. The topological polar surface area (TPSA) is 49.4 Å². The molecule has 4 nitrogen and oxygen atoms in total. The van der Waals surface area contributed by atoms with Crippen molar-refractivity contribution in [2.45, 2.75) is 32.7 Å². The summed E-state index contributed by atoms with van der Waals surface area (Å²) in [4.78, 5) is 26.0. The molecular weight excluding hydrogens is 283 g/mol. The molecule has 0 aliphatic carbocycles. The molecule has 0 unspecified atom stereocenters. The Morgan fingerprint density at radius 2 is 2.09 bits per heavy atom. The number of amides is 2. The van der Waals surface area contributed by atoms with Crippen molar-refractivity contribution in [1.29, 1.82) is 0 Å². The van der Waals surface area contributed by atoms with Gasteiger partial charge in [0.25, 0.3) is 0 Å². The van der Waals surface area contributed by atoms with Crippen LogP contribution in [0.3, 0.4) is 0 Å². The summed E-state index contributed by atoms with van der Waals surface area (Å²) in [5.74, 6) is -0.615. The Balaban J connectivity index is 2.28. The van der Waals surface area contributed by atoms with Gasteiger partial charge in [-0.25, -0.2) is 4.39 Å². The first kappa shape index (κ1) is 16.5. The molecule has 1 aromatic rings. The molecule has 0 radical (unpaired) electrons.